The van der Waals surface area contributed by atoms with E-state index in [1.54, 1.807) is 5.38 Å². The lowest BCUT2D eigenvalue weighted by Gasteiger charge is -2.26. The average molecular weight is 470 g/mol. The van der Waals surface area contributed by atoms with Crippen molar-refractivity contribution in [1.29, 1.82) is 0 Å². The second kappa shape index (κ2) is 9.38. The first kappa shape index (κ1) is 22.6. The van der Waals surface area contributed by atoms with Gasteiger partial charge in [-0.3, -0.25) is 19.7 Å². The molecular weight excluding hydrogens is 452 g/mol. The molecule has 1 fully saturated rings. The van der Waals surface area contributed by atoms with Crippen LogP contribution < -0.4 is 15.8 Å². The van der Waals surface area contributed by atoms with Gasteiger partial charge in [0.05, 0.1) is 28.6 Å². The number of primary amides is 1. The van der Waals surface area contributed by atoms with Crippen molar-refractivity contribution in [1.82, 2.24) is 4.31 Å². The molecule has 2 amide bonds. The van der Waals surface area contributed by atoms with Crippen molar-refractivity contribution in [3.05, 3.63) is 45.3 Å². The van der Waals surface area contributed by atoms with E-state index in [1.807, 2.05) is 0 Å². The molecule has 3 N–H and O–H groups in total. The van der Waals surface area contributed by atoms with Gasteiger partial charge in [-0.15, -0.1) is 11.3 Å². The molecule has 1 aliphatic heterocycles. The Kier molecular flexibility index (Phi) is 6.84. The van der Waals surface area contributed by atoms with Gasteiger partial charge in [0.1, 0.15) is 5.00 Å². The monoisotopic (exact) mass is 470 g/mol. The minimum Gasteiger partial charge on any atom is -0.477 e. The molecule has 1 aromatic carbocycles. The number of nitrogens with two attached hydrogens (primary N) is 1. The lowest BCUT2D eigenvalue weighted by Crippen LogP contribution is -2.40. The molecule has 0 saturated carbocycles. The minimum absolute atomic E-state index is 0.127. The van der Waals surface area contributed by atoms with Gasteiger partial charge >= 0.3 is 5.69 Å². The fourth-order valence-electron chi connectivity index (χ4n) is 2.76. The molecule has 12 nitrogen and oxygen atoms in total. The highest BCUT2D eigenvalue weighted by Crippen LogP contribution is 2.31. The molecule has 1 saturated heterocycles. The highest BCUT2D eigenvalue weighted by molar-refractivity contribution is 7.89. The summed E-state index contributed by atoms with van der Waals surface area (Å²) in [6.45, 7) is 0.153. The van der Waals surface area contributed by atoms with Crippen LogP contribution in [0.4, 0.5) is 10.7 Å². The van der Waals surface area contributed by atoms with Crippen LogP contribution in [0.25, 0.3) is 0 Å². The maximum atomic E-state index is 12.7. The van der Waals surface area contributed by atoms with Crippen LogP contribution in [0, 0.1) is 10.1 Å². The lowest BCUT2D eigenvalue weighted by atomic mass is 10.3. The van der Waals surface area contributed by atoms with E-state index in [0.717, 1.165) is 23.5 Å². The number of amides is 2. The predicted octanol–water partition coefficient (Wildman–Crippen LogP) is 0.794. The maximum Gasteiger partial charge on any atom is 0.312 e. The van der Waals surface area contributed by atoms with E-state index in [4.69, 9.17) is 15.2 Å². The predicted molar refractivity (Wildman–Crippen MR) is 110 cm³/mol. The van der Waals surface area contributed by atoms with Gasteiger partial charge in [-0.1, -0.05) is 0 Å². The van der Waals surface area contributed by atoms with Crippen LogP contribution in [0.2, 0.25) is 0 Å². The summed E-state index contributed by atoms with van der Waals surface area (Å²) < 4.78 is 37.0. The summed E-state index contributed by atoms with van der Waals surface area (Å²) in [6, 6.07) is 4.64. The topological polar surface area (TPSA) is 171 Å². The number of nitrogens with one attached hydrogen (secondary N) is 1. The third kappa shape index (κ3) is 5.16. The number of rotatable bonds is 8. The number of hydrogen-bond acceptors (Lipinski definition) is 9. The summed E-state index contributed by atoms with van der Waals surface area (Å²) >= 11 is 1.08. The largest absolute Gasteiger partial charge is 0.477 e. The molecule has 0 unspecified atom stereocenters. The Morgan fingerprint density at radius 2 is 2.00 bits per heavy atom. The van der Waals surface area contributed by atoms with Crippen LogP contribution in [-0.4, -0.2) is 62.4 Å². The zero-order valence-electron chi connectivity index (χ0n) is 16.0. The van der Waals surface area contributed by atoms with Gasteiger partial charge in [0.25, 0.3) is 11.8 Å². The van der Waals surface area contributed by atoms with Crippen molar-refractivity contribution in [3.63, 3.8) is 0 Å². The van der Waals surface area contributed by atoms with Crippen LogP contribution in [0.15, 0.2) is 34.5 Å². The van der Waals surface area contributed by atoms with Crippen molar-refractivity contribution < 1.29 is 32.4 Å². The fraction of sp³-hybridized carbons (Fsp3) is 0.294. The van der Waals surface area contributed by atoms with E-state index in [2.05, 4.69) is 5.32 Å². The molecule has 31 heavy (non-hydrogen) atoms. The van der Waals surface area contributed by atoms with E-state index in [-0.39, 0.29) is 47.5 Å². The third-order valence-corrected chi connectivity index (χ3v) is 7.00. The number of carbonyl (C=O) groups excluding carboxylic acids is 2. The number of ether oxygens (including phenoxy) is 2. The first-order valence-electron chi connectivity index (χ1n) is 8.86. The van der Waals surface area contributed by atoms with Crippen LogP contribution in [0.5, 0.6) is 5.75 Å². The van der Waals surface area contributed by atoms with Gasteiger partial charge in [0.2, 0.25) is 10.0 Å². The van der Waals surface area contributed by atoms with Gasteiger partial charge < -0.3 is 20.5 Å². The summed E-state index contributed by atoms with van der Waals surface area (Å²) in [7, 11) is -3.94. The maximum absolute atomic E-state index is 12.7. The Morgan fingerprint density at radius 3 is 2.65 bits per heavy atom. The molecular formula is C17H18N4O8S2. The standard InChI is InChI=1S/C17H18N4O8S2/c18-16(23)12-3-8-30-17(12)19-15(22)10-29-14-2-1-11(9-13(14)21(24)25)31(26,27)20-4-6-28-7-5-20/h1-3,8-9H,4-7,10H2,(H2,18,23)(H,19,22). The Bertz CT molecular complexity index is 1110. The Morgan fingerprint density at radius 1 is 1.29 bits per heavy atom. The highest BCUT2D eigenvalue weighted by atomic mass is 32.2. The molecule has 0 spiro atoms. The number of carbonyl (C=O) groups is 2. The molecule has 0 aliphatic carbocycles. The van der Waals surface area contributed by atoms with Crippen molar-refractivity contribution in [2.45, 2.75) is 4.90 Å². The van der Waals surface area contributed by atoms with Crippen molar-refractivity contribution in [2.75, 3.05) is 38.2 Å². The van der Waals surface area contributed by atoms with Crippen molar-refractivity contribution >= 4 is 43.9 Å². The van der Waals surface area contributed by atoms with E-state index < -0.39 is 39.1 Å². The number of nitro groups is 1. The number of hydrogen-bond donors (Lipinski definition) is 2. The SMILES string of the molecule is NC(=O)c1ccsc1NC(=O)COc1ccc(S(=O)(=O)N2CCOCC2)cc1[N+](=O)[O-]. The molecule has 2 heterocycles. The molecule has 2 aromatic rings. The van der Waals surface area contributed by atoms with Crippen LogP contribution in [0.3, 0.4) is 0 Å². The Balaban J connectivity index is 1.74. The highest BCUT2D eigenvalue weighted by Gasteiger charge is 2.29. The summed E-state index contributed by atoms with van der Waals surface area (Å²) in [5.41, 5.74) is 4.73. The Labute approximate surface area is 180 Å². The van der Waals surface area contributed by atoms with Crippen LogP contribution in [-0.2, 0) is 19.6 Å². The number of benzene rings is 1. The molecule has 3 rings (SSSR count). The average Bonchev–Trinajstić information content (AvgIpc) is 3.21. The van der Waals surface area contributed by atoms with Gasteiger partial charge in [-0.25, -0.2) is 8.42 Å². The second-order valence-electron chi connectivity index (χ2n) is 6.27. The quantitative estimate of drug-likeness (QED) is 0.421. The van der Waals surface area contributed by atoms with Crippen molar-refractivity contribution in [3.8, 4) is 5.75 Å². The molecule has 0 radical (unpaired) electrons. The molecule has 1 aliphatic rings. The van der Waals surface area contributed by atoms with E-state index >= 15 is 0 Å². The molecule has 166 valence electrons. The Hall–Kier alpha value is -3.07. The molecule has 0 atom stereocenters. The zero-order chi connectivity index (χ0) is 22.6. The summed E-state index contributed by atoms with van der Waals surface area (Å²) in [5.74, 6) is -1.67. The summed E-state index contributed by atoms with van der Waals surface area (Å²) in [4.78, 5) is 33.8. The zero-order valence-corrected chi connectivity index (χ0v) is 17.6. The molecule has 0 bridgehead atoms. The number of sulfonamides is 1. The van der Waals surface area contributed by atoms with Gasteiger partial charge in [0, 0.05) is 19.2 Å². The normalized spacial score (nSPS) is 14.7. The molecule has 14 heteroatoms. The van der Waals surface area contributed by atoms with Crippen LogP contribution in [0.1, 0.15) is 10.4 Å². The lowest BCUT2D eigenvalue weighted by molar-refractivity contribution is -0.386. The van der Waals surface area contributed by atoms with Gasteiger partial charge in [-0.2, -0.15) is 4.31 Å². The number of morpholine rings is 1. The third-order valence-electron chi connectivity index (χ3n) is 4.28. The first-order chi connectivity index (χ1) is 14.7. The van der Waals surface area contributed by atoms with Crippen LogP contribution >= 0.6 is 11.3 Å². The smallest absolute Gasteiger partial charge is 0.312 e. The summed E-state index contributed by atoms with van der Waals surface area (Å²) in [5, 5.41) is 15.7. The molecule has 1 aromatic heterocycles. The first-order valence-corrected chi connectivity index (χ1v) is 11.2. The number of thiophene rings is 1. The van der Waals surface area contributed by atoms with Gasteiger partial charge in [-0.05, 0) is 23.6 Å². The van der Waals surface area contributed by atoms with Crippen molar-refractivity contribution in [2.24, 2.45) is 5.73 Å². The summed E-state index contributed by atoms with van der Waals surface area (Å²) in [6.07, 6.45) is 0. The number of nitro benzene ring substituents is 1. The number of anilines is 1. The fourth-order valence-corrected chi connectivity index (χ4v) is 5.00. The second-order valence-corrected chi connectivity index (χ2v) is 9.12. The van der Waals surface area contributed by atoms with E-state index in [1.165, 1.54) is 16.4 Å². The minimum atomic E-state index is -3.94. The van der Waals surface area contributed by atoms with E-state index in [9.17, 15) is 28.1 Å². The van der Waals surface area contributed by atoms with E-state index in [0.29, 0.717) is 0 Å². The van der Waals surface area contributed by atoms with Gasteiger partial charge in [0.15, 0.2) is 12.4 Å². The number of nitrogens with zero attached hydrogens (tertiary/aromatic N) is 2.